The molecule has 0 bridgehead atoms. The standard InChI is InChI=1S/C13H5BrCl6/c14-4-6-2-1-5(3-7(6)15)8-9(16)11(18)13(20)12(19)10(8)17/h1-3H,4H2. The third-order valence-electron chi connectivity index (χ3n) is 2.70. The van der Waals surface area contributed by atoms with Gasteiger partial charge in [-0.15, -0.1) is 0 Å². The summed E-state index contributed by atoms with van der Waals surface area (Å²) in [7, 11) is 0. The minimum Gasteiger partial charge on any atom is -0.0876 e. The van der Waals surface area contributed by atoms with Crippen LogP contribution >= 0.6 is 85.5 Å². The lowest BCUT2D eigenvalue weighted by Crippen LogP contribution is -1.88. The monoisotopic (exact) mass is 450 g/mol. The highest BCUT2D eigenvalue weighted by Gasteiger charge is 2.20. The Morgan fingerprint density at radius 1 is 0.750 bits per heavy atom. The summed E-state index contributed by atoms with van der Waals surface area (Å²) in [5.74, 6) is 0. The fourth-order valence-electron chi connectivity index (χ4n) is 1.67. The Labute approximate surface area is 155 Å². The van der Waals surface area contributed by atoms with Crippen molar-refractivity contribution in [2.75, 3.05) is 0 Å². The van der Waals surface area contributed by atoms with Crippen LogP contribution < -0.4 is 0 Å². The first-order valence-corrected chi connectivity index (χ1v) is 8.63. The zero-order chi connectivity index (χ0) is 15.0. The van der Waals surface area contributed by atoms with Gasteiger partial charge in [0.05, 0.1) is 25.1 Å². The van der Waals surface area contributed by atoms with Crippen molar-refractivity contribution in [3.63, 3.8) is 0 Å². The smallest absolute Gasteiger partial charge is 0.0809 e. The van der Waals surface area contributed by atoms with E-state index < -0.39 is 0 Å². The molecule has 0 saturated heterocycles. The maximum atomic E-state index is 6.22. The topological polar surface area (TPSA) is 0 Å². The molecule has 0 atom stereocenters. The third kappa shape index (κ3) is 3.05. The highest BCUT2D eigenvalue weighted by Crippen LogP contribution is 2.48. The van der Waals surface area contributed by atoms with E-state index in [2.05, 4.69) is 15.9 Å². The van der Waals surface area contributed by atoms with Crippen LogP contribution in [0.25, 0.3) is 11.1 Å². The minimum atomic E-state index is 0.134. The molecule has 0 radical (unpaired) electrons. The summed E-state index contributed by atoms with van der Waals surface area (Å²) in [5, 5.41) is 2.19. The quantitative estimate of drug-likeness (QED) is 0.244. The van der Waals surface area contributed by atoms with Crippen LogP contribution in [0.15, 0.2) is 18.2 Å². The number of halogens is 7. The van der Waals surface area contributed by atoms with Gasteiger partial charge >= 0.3 is 0 Å². The summed E-state index contributed by atoms with van der Waals surface area (Å²) in [4.78, 5) is 0. The molecule has 2 aromatic rings. The molecule has 7 heteroatoms. The lowest BCUT2D eigenvalue weighted by Gasteiger charge is -2.13. The Balaban J connectivity index is 2.73. The minimum absolute atomic E-state index is 0.134. The van der Waals surface area contributed by atoms with Crippen LogP contribution in [0.4, 0.5) is 0 Å². The van der Waals surface area contributed by atoms with Crippen molar-refractivity contribution in [1.29, 1.82) is 0 Å². The average molecular weight is 454 g/mol. The first kappa shape index (κ1) is 17.0. The molecular formula is C13H5BrCl6. The molecule has 0 aromatic heterocycles. The maximum Gasteiger partial charge on any atom is 0.0809 e. The van der Waals surface area contributed by atoms with Crippen molar-refractivity contribution >= 4 is 85.5 Å². The lowest BCUT2D eigenvalue weighted by molar-refractivity contribution is 1.43. The Morgan fingerprint density at radius 3 is 1.70 bits per heavy atom. The third-order valence-corrected chi connectivity index (χ3v) is 5.93. The molecule has 20 heavy (non-hydrogen) atoms. The molecule has 0 amide bonds. The number of benzene rings is 2. The van der Waals surface area contributed by atoms with Crippen LogP contribution in [0.1, 0.15) is 5.56 Å². The van der Waals surface area contributed by atoms with Crippen molar-refractivity contribution < 1.29 is 0 Å². The Kier molecular flexibility index (Phi) is 5.81. The SMILES string of the molecule is Clc1cc(-c2c(Cl)c(Cl)c(Cl)c(Cl)c2Cl)ccc1CBr. The first-order chi connectivity index (χ1) is 9.38. The molecule has 2 aromatic carbocycles. The Bertz CT molecular complexity index is 654. The van der Waals surface area contributed by atoms with E-state index in [1.165, 1.54) is 0 Å². The molecule has 0 aliphatic carbocycles. The molecule has 0 aliphatic heterocycles. The van der Waals surface area contributed by atoms with Crippen molar-refractivity contribution in [2.45, 2.75) is 5.33 Å². The van der Waals surface area contributed by atoms with Crippen molar-refractivity contribution in [3.05, 3.63) is 53.9 Å². The van der Waals surface area contributed by atoms with Gasteiger partial charge in [0.25, 0.3) is 0 Å². The van der Waals surface area contributed by atoms with Gasteiger partial charge in [0.1, 0.15) is 0 Å². The van der Waals surface area contributed by atoms with E-state index >= 15 is 0 Å². The Morgan fingerprint density at radius 2 is 1.25 bits per heavy atom. The van der Waals surface area contributed by atoms with Crippen LogP contribution in [-0.2, 0) is 5.33 Å². The predicted octanol–water partition coefficient (Wildman–Crippen LogP) is 8.17. The second-order valence-electron chi connectivity index (χ2n) is 3.88. The van der Waals surface area contributed by atoms with Gasteiger partial charge in [-0.2, -0.15) is 0 Å². The molecule has 0 fully saturated rings. The summed E-state index contributed by atoms with van der Waals surface area (Å²) >= 11 is 40.1. The second kappa shape index (κ2) is 6.83. The van der Waals surface area contributed by atoms with E-state index in [0.717, 1.165) is 11.1 Å². The van der Waals surface area contributed by atoms with Crippen LogP contribution in [0.5, 0.6) is 0 Å². The van der Waals surface area contributed by atoms with Gasteiger partial charge in [0, 0.05) is 15.9 Å². The summed E-state index contributed by atoms with van der Waals surface area (Å²) in [6.45, 7) is 0. The number of hydrogen-bond acceptors (Lipinski definition) is 0. The highest BCUT2D eigenvalue weighted by molar-refractivity contribution is 9.08. The van der Waals surface area contributed by atoms with Gasteiger partial charge in [0.2, 0.25) is 0 Å². The molecule has 0 aliphatic rings. The zero-order valence-corrected chi connectivity index (χ0v) is 15.7. The van der Waals surface area contributed by atoms with Crippen LogP contribution in [-0.4, -0.2) is 0 Å². The fourth-order valence-corrected chi connectivity index (χ4v) is 3.92. The lowest BCUT2D eigenvalue weighted by atomic mass is 10.0. The van der Waals surface area contributed by atoms with E-state index in [9.17, 15) is 0 Å². The van der Waals surface area contributed by atoms with Crippen molar-refractivity contribution in [2.24, 2.45) is 0 Å². The number of rotatable bonds is 2. The summed E-state index contributed by atoms with van der Waals surface area (Å²) < 4.78 is 0. The van der Waals surface area contributed by atoms with Gasteiger partial charge in [-0.1, -0.05) is 97.7 Å². The van der Waals surface area contributed by atoms with E-state index in [1.807, 2.05) is 12.1 Å². The molecule has 0 spiro atoms. The van der Waals surface area contributed by atoms with Crippen LogP contribution in [0.2, 0.25) is 30.1 Å². The fraction of sp³-hybridized carbons (Fsp3) is 0.0769. The molecule has 0 nitrogen and oxygen atoms in total. The van der Waals surface area contributed by atoms with E-state index in [1.54, 1.807) is 6.07 Å². The number of hydrogen-bond donors (Lipinski definition) is 0. The molecule has 0 saturated carbocycles. The molecular weight excluding hydrogens is 449 g/mol. The van der Waals surface area contributed by atoms with Gasteiger partial charge in [0.15, 0.2) is 0 Å². The van der Waals surface area contributed by atoms with Gasteiger partial charge in [-0.25, -0.2) is 0 Å². The molecule has 0 N–H and O–H groups in total. The second-order valence-corrected chi connectivity index (χ2v) is 6.74. The Hall–Kier alpha value is 0.660. The summed E-state index contributed by atoms with van der Waals surface area (Å²) in [6, 6.07) is 5.47. The van der Waals surface area contributed by atoms with Gasteiger partial charge in [-0.05, 0) is 17.2 Å². The van der Waals surface area contributed by atoms with Crippen LogP contribution in [0.3, 0.4) is 0 Å². The molecule has 0 unspecified atom stereocenters. The van der Waals surface area contributed by atoms with Gasteiger partial charge in [-0.3, -0.25) is 0 Å². The molecule has 2 rings (SSSR count). The largest absolute Gasteiger partial charge is 0.0876 e. The van der Waals surface area contributed by atoms with Crippen LogP contribution in [0, 0.1) is 0 Å². The zero-order valence-electron chi connectivity index (χ0n) is 9.58. The van der Waals surface area contributed by atoms with E-state index in [-0.39, 0.29) is 25.1 Å². The first-order valence-electron chi connectivity index (χ1n) is 5.24. The highest BCUT2D eigenvalue weighted by atomic mass is 79.9. The average Bonchev–Trinajstić information content (AvgIpc) is 2.43. The summed E-state index contributed by atoms with van der Waals surface area (Å²) in [6.07, 6.45) is 0. The molecule has 106 valence electrons. The van der Waals surface area contributed by atoms with Crippen molar-refractivity contribution in [1.82, 2.24) is 0 Å². The molecule has 0 heterocycles. The van der Waals surface area contributed by atoms with E-state index in [4.69, 9.17) is 69.6 Å². The van der Waals surface area contributed by atoms with E-state index in [0.29, 0.717) is 15.9 Å². The van der Waals surface area contributed by atoms with Gasteiger partial charge < -0.3 is 0 Å². The maximum absolute atomic E-state index is 6.22. The van der Waals surface area contributed by atoms with Crippen molar-refractivity contribution in [3.8, 4) is 11.1 Å². The normalized spacial score (nSPS) is 10.9. The number of alkyl halides is 1. The predicted molar refractivity (Wildman–Crippen MR) is 94.6 cm³/mol. The summed E-state index contributed by atoms with van der Waals surface area (Å²) in [5.41, 5.74) is 2.18.